The first kappa shape index (κ1) is 12.8. The molecule has 1 aromatic heterocycles. The molecule has 0 atom stereocenters. The average Bonchev–Trinajstić information content (AvgIpc) is 2.55. The summed E-state index contributed by atoms with van der Waals surface area (Å²) in [5.74, 6) is -0.273. The lowest BCUT2D eigenvalue weighted by molar-refractivity contribution is 0.102. The van der Waals surface area contributed by atoms with Crippen molar-refractivity contribution in [3.63, 3.8) is 0 Å². The van der Waals surface area contributed by atoms with Gasteiger partial charge in [0, 0.05) is 17.3 Å². The molecule has 3 aromatic rings. The lowest BCUT2D eigenvalue weighted by Crippen LogP contribution is -2.13. The van der Waals surface area contributed by atoms with Gasteiger partial charge in [-0.05, 0) is 35.7 Å². The van der Waals surface area contributed by atoms with Gasteiger partial charge in [0.05, 0.1) is 11.6 Å². The first-order valence-corrected chi connectivity index (χ1v) is 6.42. The first-order chi connectivity index (χ1) is 10.3. The molecule has 1 N–H and O–H groups in total. The van der Waals surface area contributed by atoms with Gasteiger partial charge in [0.1, 0.15) is 5.69 Å². The number of hydrogen-bond acceptors (Lipinski definition) is 3. The topological polar surface area (TPSA) is 65.8 Å². The van der Waals surface area contributed by atoms with Crippen LogP contribution in [0.4, 0.5) is 5.69 Å². The SMILES string of the molecule is N#Cc1ccc(NC(=O)c2cc3ccccc3cn2)cc1. The number of nitrogens with zero attached hydrogens (tertiary/aromatic N) is 2. The maximum Gasteiger partial charge on any atom is 0.274 e. The van der Waals surface area contributed by atoms with Crippen molar-refractivity contribution < 1.29 is 4.79 Å². The summed E-state index contributed by atoms with van der Waals surface area (Å²) in [5.41, 5.74) is 1.55. The van der Waals surface area contributed by atoms with Crippen molar-refractivity contribution >= 4 is 22.4 Å². The van der Waals surface area contributed by atoms with E-state index < -0.39 is 0 Å². The number of amides is 1. The number of carbonyl (C=O) groups excluding carboxylic acids is 1. The third-order valence-electron chi connectivity index (χ3n) is 3.14. The van der Waals surface area contributed by atoms with Crippen LogP contribution >= 0.6 is 0 Å². The Morgan fingerprint density at radius 1 is 1.05 bits per heavy atom. The Hall–Kier alpha value is -3.19. The minimum atomic E-state index is -0.273. The number of aromatic nitrogens is 1. The van der Waals surface area contributed by atoms with Crippen LogP contribution in [0.15, 0.2) is 60.8 Å². The predicted octanol–water partition coefficient (Wildman–Crippen LogP) is 3.36. The van der Waals surface area contributed by atoms with Gasteiger partial charge in [0.2, 0.25) is 0 Å². The van der Waals surface area contributed by atoms with E-state index >= 15 is 0 Å². The van der Waals surface area contributed by atoms with Crippen LogP contribution in [0, 0.1) is 11.3 Å². The molecule has 4 heteroatoms. The number of nitriles is 1. The molecule has 1 amide bonds. The summed E-state index contributed by atoms with van der Waals surface area (Å²) in [6.07, 6.45) is 1.68. The smallest absolute Gasteiger partial charge is 0.274 e. The number of nitrogens with one attached hydrogen (secondary N) is 1. The van der Waals surface area contributed by atoms with Crippen LogP contribution in [-0.4, -0.2) is 10.9 Å². The molecule has 21 heavy (non-hydrogen) atoms. The van der Waals surface area contributed by atoms with Crippen LogP contribution in [0.25, 0.3) is 10.8 Å². The fourth-order valence-corrected chi connectivity index (χ4v) is 2.03. The molecule has 0 aliphatic rings. The second kappa shape index (κ2) is 5.43. The van der Waals surface area contributed by atoms with Crippen molar-refractivity contribution in [2.75, 3.05) is 5.32 Å². The van der Waals surface area contributed by atoms with Gasteiger partial charge in [-0.3, -0.25) is 9.78 Å². The molecule has 0 saturated carbocycles. The molecule has 0 radical (unpaired) electrons. The highest BCUT2D eigenvalue weighted by Crippen LogP contribution is 2.15. The number of anilines is 1. The number of benzene rings is 2. The van der Waals surface area contributed by atoms with Gasteiger partial charge in [-0.1, -0.05) is 24.3 Å². The summed E-state index contributed by atoms with van der Waals surface area (Å²) in [6, 6.07) is 18.2. The van der Waals surface area contributed by atoms with Gasteiger partial charge >= 0.3 is 0 Å². The maximum atomic E-state index is 12.2. The Bertz CT molecular complexity index is 848. The van der Waals surface area contributed by atoms with Crippen molar-refractivity contribution in [1.82, 2.24) is 4.98 Å². The monoisotopic (exact) mass is 273 g/mol. The summed E-state index contributed by atoms with van der Waals surface area (Å²) >= 11 is 0. The zero-order valence-corrected chi connectivity index (χ0v) is 11.1. The highest BCUT2D eigenvalue weighted by molar-refractivity contribution is 6.04. The van der Waals surface area contributed by atoms with E-state index in [1.54, 1.807) is 36.5 Å². The summed E-state index contributed by atoms with van der Waals surface area (Å²) < 4.78 is 0. The fraction of sp³-hybridized carbons (Fsp3) is 0. The highest BCUT2D eigenvalue weighted by atomic mass is 16.1. The van der Waals surface area contributed by atoms with Crippen LogP contribution in [0.3, 0.4) is 0 Å². The second-order valence-corrected chi connectivity index (χ2v) is 4.56. The minimum absolute atomic E-state index is 0.273. The van der Waals surface area contributed by atoms with Crippen molar-refractivity contribution in [1.29, 1.82) is 5.26 Å². The largest absolute Gasteiger partial charge is 0.321 e. The number of hydrogen-bond donors (Lipinski definition) is 1. The Morgan fingerprint density at radius 2 is 1.76 bits per heavy atom. The molecule has 0 fully saturated rings. The molecule has 3 rings (SSSR count). The predicted molar refractivity (Wildman–Crippen MR) is 80.9 cm³/mol. The van der Waals surface area contributed by atoms with E-state index in [1.807, 2.05) is 30.3 Å². The number of rotatable bonds is 2. The third kappa shape index (κ3) is 2.72. The summed E-state index contributed by atoms with van der Waals surface area (Å²) in [7, 11) is 0. The van der Waals surface area contributed by atoms with Gasteiger partial charge in [0.25, 0.3) is 5.91 Å². The van der Waals surface area contributed by atoms with Crippen LogP contribution < -0.4 is 5.32 Å². The van der Waals surface area contributed by atoms with E-state index in [0.717, 1.165) is 10.8 Å². The van der Waals surface area contributed by atoms with Gasteiger partial charge in [-0.15, -0.1) is 0 Å². The molecule has 2 aromatic carbocycles. The number of carbonyl (C=O) groups is 1. The average molecular weight is 273 g/mol. The van der Waals surface area contributed by atoms with E-state index in [1.165, 1.54) is 0 Å². The molecule has 0 saturated heterocycles. The standard InChI is InChI=1S/C17H11N3O/c18-10-12-5-7-15(8-6-12)20-17(21)16-9-13-3-1-2-4-14(13)11-19-16/h1-9,11H,(H,20,21). The Kier molecular flexibility index (Phi) is 3.32. The Balaban J connectivity index is 1.84. The molecule has 0 aliphatic heterocycles. The quantitative estimate of drug-likeness (QED) is 0.778. The third-order valence-corrected chi connectivity index (χ3v) is 3.14. The zero-order valence-electron chi connectivity index (χ0n) is 11.1. The maximum absolute atomic E-state index is 12.2. The lowest BCUT2D eigenvalue weighted by Gasteiger charge is -2.05. The summed E-state index contributed by atoms with van der Waals surface area (Å²) in [4.78, 5) is 16.3. The van der Waals surface area contributed by atoms with E-state index in [0.29, 0.717) is 16.9 Å². The molecule has 0 spiro atoms. The van der Waals surface area contributed by atoms with E-state index in [-0.39, 0.29) is 5.91 Å². The van der Waals surface area contributed by atoms with Gasteiger partial charge in [-0.25, -0.2) is 0 Å². The van der Waals surface area contributed by atoms with Gasteiger partial charge in [0.15, 0.2) is 0 Å². The highest BCUT2D eigenvalue weighted by Gasteiger charge is 2.08. The summed E-state index contributed by atoms with van der Waals surface area (Å²) in [6.45, 7) is 0. The molecule has 1 heterocycles. The normalized spacial score (nSPS) is 10.0. The molecule has 0 aliphatic carbocycles. The van der Waals surface area contributed by atoms with Crippen molar-refractivity contribution in [3.8, 4) is 6.07 Å². The van der Waals surface area contributed by atoms with E-state index in [9.17, 15) is 4.79 Å². The van der Waals surface area contributed by atoms with Crippen LogP contribution in [-0.2, 0) is 0 Å². The minimum Gasteiger partial charge on any atom is -0.321 e. The fourth-order valence-electron chi connectivity index (χ4n) is 2.03. The molecule has 4 nitrogen and oxygen atoms in total. The Labute approximate surface area is 121 Å². The number of pyridine rings is 1. The molecular weight excluding hydrogens is 262 g/mol. The van der Waals surface area contributed by atoms with E-state index in [2.05, 4.69) is 10.3 Å². The first-order valence-electron chi connectivity index (χ1n) is 6.42. The van der Waals surface area contributed by atoms with Crippen molar-refractivity contribution in [2.45, 2.75) is 0 Å². The van der Waals surface area contributed by atoms with E-state index in [4.69, 9.17) is 5.26 Å². The number of fused-ring (bicyclic) bond motifs is 1. The molecule has 0 unspecified atom stereocenters. The van der Waals surface area contributed by atoms with Gasteiger partial charge in [-0.2, -0.15) is 5.26 Å². The van der Waals surface area contributed by atoms with Crippen molar-refractivity contribution in [3.05, 3.63) is 72.1 Å². The molecular formula is C17H11N3O. The zero-order chi connectivity index (χ0) is 14.7. The molecule has 100 valence electrons. The summed E-state index contributed by atoms with van der Waals surface area (Å²) in [5, 5.41) is 13.5. The van der Waals surface area contributed by atoms with Gasteiger partial charge < -0.3 is 5.32 Å². The van der Waals surface area contributed by atoms with Crippen LogP contribution in [0.2, 0.25) is 0 Å². The van der Waals surface area contributed by atoms with Crippen LogP contribution in [0.5, 0.6) is 0 Å². The van der Waals surface area contributed by atoms with Crippen LogP contribution in [0.1, 0.15) is 16.1 Å². The molecule has 0 bridgehead atoms. The lowest BCUT2D eigenvalue weighted by atomic mass is 10.1. The van der Waals surface area contributed by atoms with Crippen molar-refractivity contribution in [2.24, 2.45) is 0 Å². The Morgan fingerprint density at radius 3 is 2.48 bits per heavy atom. The second-order valence-electron chi connectivity index (χ2n) is 4.56.